The Kier molecular flexibility index (Phi) is 6.49. The van der Waals surface area contributed by atoms with Gasteiger partial charge in [0.25, 0.3) is 0 Å². The number of primary amides is 1. The second-order valence-corrected chi connectivity index (χ2v) is 10.1. The highest BCUT2D eigenvalue weighted by Gasteiger charge is 2.24. The zero-order valence-electron chi connectivity index (χ0n) is 10.4. The molecule has 2 N–H and O–H groups in total. The quantitative estimate of drug-likeness (QED) is 0.806. The zero-order chi connectivity index (χ0) is 12.6. The second kappa shape index (κ2) is 7.06. The number of benzene rings is 1. The lowest BCUT2D eigenvalue weighted by atomic mass is 10.4. The fraction of sp³-hybridized carbons (Fsp3) is 0.417. The molecule has 0 aromatic heterocycles. The maximum atomic E-state index is 10.3. The molecule has 3 nitrogen and oxygen atoms in total. The summed E-state index contributed by atoms with van der Waals surface area (Å²) in [5.74, 6) is 0. The average molecular weight is 239 g/mol. The molecule has 90 valence electrons. The molecule has 4 heteroatoms. The molecule has 0 aliphatic rings. The summed E-state index contributed by atoms with van der Waals surface area (Å²) in [7, 11) is -1.35. The standard InChI is InChI=1S/C6H15NO2Si.C6H6/c1-5(9-6(7)8)10(2,3)4;1-2-4-6-5-3-1/h5H,1-4H3,(H2,7,8);1-6H. The fourth-order valence-electron chi connectivity index (χ4n) is 0.736. The van der Waals surface area contributed by atoms with E-state index in [4.69, 9.17) is 10.5 Å². The SMILES string of the molecule is CC(OC(N)=O)[Si](C)(C)C.c1ccccc1. The summed E-state index contributed by atoms with van der Waals surface area (Å²) in [5.41, 5.74) is 4.86. The Balaban J connectivity index is 0.000000315. The van der Waals surface area contributed by atoms with Crippen molar-refractivity contribution in [2.45, 2.75) is 32.3 Å². The Morgan fingerprint density at radius 3 is 1.50 bits per heavy atom. The van der Waals surface area contributed by atoms with E-state index in [0.29, 0.717) is 0 Å². The third-order valence-electron chi connectivity index (χ3n) is 2.18. The summed E-state index contributed by atoms with van der Waals surface area (Å²) >= 11 is 0. The van der Waals surface area contributed by atoms with Crippen LogP contribution in [0.25, 0.3) is 0 Å². The van der Waals surface area contributed by atoms with Crippen LogP contribution in [0.2, 0.25) is 19.6 Å². The third kappa shape index (κ3) is 8.05. The molecule has 0 saturated heterocycles. The van der Waals surface area contributed by atoms with Crippen LogP contribution in [-0.2, 0) is 4.74 Å². The van der Waals surface area contributed by atoms with Crippen LogP contribution in [0.15, 0.2) is 36.4 Å². The molecule has 0 spiro atoms. The first kappa shape index (κ1) is 14.7. The van der Waals surface area contributed by atoms with Gasteiger partial charge in [0.1, 0.15) is 0 Å². The van der Waals surface area contributed by atoms with Crippen LogP contribution < -0.4 is 5.73 Å². The maximum absolute atomic E-state index is 10.3. The van der Waals surface area contributed by atoms with Crippen molar-refractivity contribution in [1.82, 2.24) is 0 Å². The first-order chi connectivity index (χ1) is 7.34. The van der Waals surface area contributed by atoms with Gasteiger partial charge in [0.05, 0.1) is 13.8 Å². The molecule has 16 heavy (non-hydrogen) atoms. The van der Waals surface area contributed by atoms with Gasteiger partial charge in [-0.3, -0.25) is 0 Å². The van der Waals surface area contributed by atoms with Crippen LogP contribution in [-0.4, -0.2) is 19.9 Å². The number of carbonyl (C=O) groups is 1. The molecule has 1 aromatic rings. The van der Waals surface area contributed by atoms with E-state index in [2.05, 4.69) is 19.6 Å². The molecule has 0 fully saturated rings. The molecule has 1 atom stereocenters. The van der Waals surface area contributed by atoms with Crippen LogP contribution in [0.3, 0.4) is 0 Å². The number of ether oxygens (including phenoxy) is 1. The molecule has 0 aliphatic carbocycles. The summed E-state index contributed by atoms with van der Waals surface area (Å²) in [6.45, 7) is 8.26. The van der Waals surface area contributed by atoms with Gasteiger partial charge in [0, 0.05) is 0 Å². The van der Waals surface area contributed by atoms with Crippen molar-refractivity contribution in [3.8, 4) is 0 Å². The van der Waals surface area contributed by atoms with E-state index in [1.165, 1.54) is 0 Å². The molecule has 0 radical (unpaired) electrons. The largest absolute Gasteiger partial charge is 0.451 e. The molecule has 1 amide bonds. The van der Waals surface area contributed by atoms with Gasteiger partial charge < -0.3 is 10.5 Å². The van der Waals surface area contributed by atoms with Crippen molar-refractivity contribution in [1.29, 1.82) is 0 Å². The highest BCUT2D eigenvalue weighted by molar-refractivity contribution is 6.77. The third-order valence-corrected chi connectivity index (χ3v) is 4.74. The Morgan fingerprint density at radius 2 is 1.38 bits per heavy atom. The van der Waals surface area contributed by atoms with Crippen LogP contribution in [0.1, 0.15) is 6.92 Å². The number of carbonyl (C=O) groups excluding carboxylic acids is 1. The molecule has 1 rings (SSSR count). The lowest BCUT2D eigenvalue weighted by Gasteiger charge is -2.23. The van der Waals surface area contributed by atoms with Crippen molar-refractivity contribution >= 4 is 14.2 Å². The van der Waals surface area contributed by atoms with Crippen molar-refractivity contribution in [3.05, 3.63) is 36.4 Å². The highest BCUT2D eigenvalue weighted by Crippen LogP contribution is 2.09. The normalized spacial score (nSPS) is 12.0. The molecule has 0 bridgehead atoms. The minimum absolute atomic E-state index is 0.00463. The van der Waals surface area contributed by atoms with E-state index >= 15 is 0 Å². The van der Waals surface area contributed by atoms with E-state index in [-0.39, 0.29) is 5.73 Å². The van der Waals surface area contributed by atoms with Crippen molar-refractivity contribution in [2.75, 3.05) is 0 Å². The first-order valence-electron chi connectivity index (χ1n) is 5.30. The predicted octanol–water partition coefficient (Wildman–Crippen LogP) is 3.03. The van der Waals surface area contributed by atoms with Gasteiger partial charge in [-0.2, -0.15) is 0 Å². The molecule has 1 unspecified atom stereocenters. The summed E-state index contributed by atoms with van der Waals surface area (Å²) in [5, 5.41) is 0. The van der Waals surface area contributed by atoms with Gasteiger partial charge >= 0.3 is 6.09 Å². The molecule has 0 aliphatic heterocycles. The smallest absolute Gasteiger partial charge is 0.404 e. The molecule has 0 heterocycles. The van der Waals surface area contributed by atoms with Gasteiger partial charge in [-0.1, -0.05) is 56.0 Å². The van der Waals surface area contributed by atoms with Gasteiger partial charge in [-0.15, -0.1) is 0 Å². The van der Waals surface area contributed by atoms with Gasteiger partial charge in [0.15, 0.2) is 0 Å². The van der Waals surface area contributed by atoms with E-state index in [0.717, 1.165) is 0 Å². The van der Waals surface area contributed by atoms with Crippen LogP contribution in [0, 0.1) is 0 Å². The minimum atomic E-state index is -1.35. The van der Waals surface area contributed by atoms with E-state index in [1.807, 2.05) is 43.3 Å². The van der Waals surface area contributed by atoms with Gasteiger partial charge in [0.2, 0.25) is 0 Å². The molecular weight excluding hydrogens is 218 g/mol. The average Bonchev–Trinajstić information content (AvgIpc) is 2.19. The monoisotopic (exact) mass is 239 g/mol. The van der Waals surface area contributed by atoms with Gasteiger partial charge in [-0.05, 0) is 6.92 Å². The fourth-order valence-corrected chi connectivity index (χ4v) is 1.21. The van der Waals surface area contributed by atoms with Crippen molar-refractivity contribution in [2.24, 2.45) is 5.73 Å². The van der Waals surface area contributed by atoms with Crippen LogP contribution in [0.5, 0.6) is 0 Å². The van der Waals surface area contributed by atoms with Crippen LogP contribution in [0.4, 0.5) is 4.79 Å². The van der Waals surface area contributed by atoms with E-state index < -0.39 is 14.2 Å². The molecule has 1 aromatic carbocycles. The zero-order valence-corrected chi connectivity index (χ0v) is 11.4. The topological polar surface area (TPSA) is 52.3 Å². The number of rotatable bonds is 2. The van der Waals surface area contributed by atoms with Crippen molar-refractivity contribution in [3.63, 3.8) is 0 Å². The lowest BCUT2D eigenvalue weighted by molar-refractivity contribution is 0.145. The van der Waals surface area contributed by atoms with Crippen LogP contribution >= 0.6 is 0 Å². The second-order valence-electron chi connectivity index (χ2n) is 4.60. The summed E-state index contributed by atoms with van der Waals surface area (Å²) in [4.78, 5) is 10.3. The minimum Gasteiger partial charge on any atom is -0.451 e. The van der Waals surface area contributed by atoms with E-state index in [9.17, 15) is 4.79 Å². The first-order valence-corrected chi connectivity index (χ1v) is 8.88. The Labute approximate surface area is 98.6 Å². The van der Waals surface area contributed by atoms with Gasteiger partial charge in [-0.25, -0.2) is 4.79 Å². The number of hydrogen-bond acceptors (Lipinski definition) is 2. The Hall–Kier alpha value is -1.29. The summed E-state index contributed by atoms with van der Waals surface area (Å²) in [6.07, 6.45) is -0.671. The van der Waals surface area contributed by atoms with Crippen molar-refractivity contribution < 1.29 is 9.53 Å². The molecular formula is C12H21NO2Si. The Bertz CT molecular complexity index is 269. The maximum Gasteiger partial charge on any atom is 0.404 e. The lowest BCUT2D eigenvalue weighted by Crippen LogP contribution is -2.40. The van der Waals surface area contributed by atoms with E-state index in [1.54, 1.807) is 0 Å². The predicted molar refractivity (Wildman–Crippen MR) is 69.9 cm³/mol. The number of amides is 1. The summed E-state index contributed by atoms with van der Waals surface area (Å²) in [6, 6.07) is 12.0. The number of nitrogens with two attached hydrogens (primary N) is 1. The Morgan fingerprint density at radius 1 is 1.06 bits per heavy atom. The summed E-state index contributed by atoms with van der Waals surface area (Å²) < 4.78 is 4.82. The number of hydrogen-bond donors (Lipinski definition) is 1. The molecule has 0 saturated carbocycles. The highest BCUT2D eigenvalue weighted by atomic mass is 28.3.